The molecule has 67 valence electrons. The number of aromatic hydroxyl groups is 1. The summed E-state index contributed by atoms with van der Waals surface area (Å²) in [6, 6.07) is 11.3. The molecule has 1 N–H and O–H groups in total. The summed E-state index contributed by atoms with van der Waals surface area (Å²) in [5, 5.41) is 11.4. The number of phenolic OH excluding ortho intramolecular Hbond substituents is 1. The predicted molar refractivity (Wildman–Crippen MR) is 55.7 cm³/mol. The molecule has 0 aromatic heterocycles. The monoisotopic (exact) mass is 259 g/mol. The molecule has 0 saturated carbocycles. The van der Waals surface area contributed by atoms with Crippen LogP contribution in [0.1, 0.15) is 5.56 Å². The van der Waals surface area contributed by atoms with E-state index in [0.717, 1.165) is 16.3 Å². The minimum absolute atomic E-state index is 0. The van der Waals surface area contributed by atoms with Gasteiger partial charge in [0.2, 0.25) is 0 Å². The molecular formula is C12H10OY. The Kier molecular flexibility index (Phi) is 3.85. The summed E-state index contributed by atoms with van der Waals surface area (Å²) in [6.07, 6.45) is 1.81. The van der Waals surface area contributed by atoms with E-state index in [1.807, 2.05) is 30.3 Å². The van der Waals surface area contributed by atoms with E-state index < -0.39 is 0 Å². The number of benzene rings is 2. The van der Waals surface area contributed by atoms with Crippen LogP contribution in [-0.2, 0) is 32.7 Å². The number of fused-ring (bicyclic) bond motifs is 1. The van der Waals surface area contributed by atoms with Crippen molar-refractivity contribution in [3.05, 3.63) is 48.5 Å². The average molecular weight is 259 g/mol. The van der Waals surface area contributed by atoms with Crippen LogP contribution in [0.5, 0.6) is 5.75 Å². The first-order valence-corrected chi connectivity index (χ1v) is 4.15. The normalized spacial score (nSPS) is 9.43. The fourth-order valence-electron chi connectivity index (χ4n) is 1.38. The van der Waals surface area contributed by atoms with Gasteiger partial charge >= 0.3 is 0 Å². The molecule has 0 amide bonds. The smallest absolute Gasteiger partial charge is 0.116 e. The van der Waals surface area contributed by atoms with E-state index in [-0.39, 0.29) is 32.7 Å². The average Bonchev–Trinajstić information content (AvgIpc) is 2.17. The van der Waals surface area contributed by atoms with Crippen molar-refractivity contribution in [3.8, 4) is 5.75 Å². The molecule has 0 unspecified atom stereocenters. The van der Waals surface area contributed by atoms with Crippen LogP contribution in [-0.4, -0.2) is 5.11 Å². The van der Waals surface area contributed by atoms with Crippen LogP contribution < -0.4 is 0 Å². The van der Waals surface area contributed by atoms with E-state index in [1.165, 1.54) is 0 Å². The maximum absolute atomic E-state index is 9.24. The minimum Gasteiger partial charge on any atom is -0.508 e. The van der Waals surface area contributed by atoms with Gasteiger partial charge in [-0.25, -0.2) is 0 Å². The molecule has 2 heteroatoms. The first-order valence-electron chi connectivity index (χ1n) is 4.15. The van der Waals surface area contributed by atoms with Crippen molar-refractivity contribution in [1.29, 1.82) is 0 Å². The molecule has 0 heterocycles. The molecule has 2 rings (SSSR count). The van der Waals surface area contributed by atoms with Gasteiger partial charge in [-0.05, 0) is 34.5 Å². The van der Waals surface area contributed by atoms with Gasteiger partial charge in [0, 0.05) is 32.7 Å². The first kappa shape index (κ1) is 11.4. The number of hydrogen-bond donors (Lipinski definition) is 1. The summed E-state index contributed by atoms with van der Waals surface area (Å²) >= 11 is 0. The second-order valence-corrected chi connectivity index (χ2v) is 3.00. The molecule has 0 aliphatic rings. The zero-order valence-corrected chi connectivity index (χ0v) is 10.6. The zero-order chi connectivity index (χ0) is 9.26. The Hall–Kier alpha value is -0.656. The summed E-state index contributed by atoms with van der Waals surface area (Å²) < 4.78 is 0. The van der Waals surface area contributed by atoms with Gasteiger partial charge in [0.15, 0.2) is 0 Å². The van der Waals surface area contributed by atoms with Gasteiger partial charge in [0.1, 0.15) is 5.75 Å². The van der Waals surface area contributed by atoms with E-state index in [2.05, 4.69) is 6.58 Å². The molecule has 2 aromatic rings. The number of hydrogen-bond acceptors (Lipinski definition) is 1. The number of phenols is 1. The van der Waals surface area contributed by atoms with Crippen molar-refractivity contribution in [2.45, 2.75) is 0 Å². The minimum atomic E-state index is 0. The van der Waals surface area contributed by atoms with Crippen LogP contribution in [0.3, 0.4) is 0 Å². The summed E-state index contributed by atoms with van der Waals surface area (Å²) in [4.78, 5) is 0. The van der Waals surface area contributed by atoms with Crippen molar-refractivity contribution in [1.82, 2.24) is 0 Å². The van der Waals surface area contributed by atoms with Crippen LogP contribution in [0.15, 0.2) is 43.0 Å². The second kappa shape index (κ2) is 4.72. The molecule has 2 aromatic carbocycles. The van der Waals surface area contributed by atoms with E-state index in [4.69, 9.17) is 0 Å². The van der Waals surface area contributed by atoms with Gasteiger partial charge in [-0.1, -0.05) is 30.9 Å². The van der Waals surface area contributed by atoms with Gasteiger partial charge < -0.3 is 5.11 Å². The SMILES string of the molecule is C=Cc1ccc2cc(O)ccc2c1.[Y]. The molecule has 0 atom stereocenters. The van der Waals surface area contributed by atoms with Gasteiger partial charge in [-0.3, -0.25) is 0 Å². The van der Waals surface area contributed by atoms with Crippen molar-refractivity contribution in [2.24, 2.45) is 0 Å². The van der Waals surface area contributed by atoms with Gasteiger partial charge in [-0.2, -0.15) is 0 Å². The Morgan fingerprint density at radius 2 is 1.64 bits per heavy atom. The fraction of sp³-hybridized carbons (Fsp3) is 0. The predicted octanol–water partition coefficient (Wildman–Crippen LogP) is 3.19. The van der Waals surface area contributed by atoms with Crippen LogP contribution in [0, 0.1) is 0 Å². The van der Waals surface area contributed by atoms with E-state index in [0.29, 0.717) is 5.75 Å². The third-order valence-corrected chi connectivity index (χ3v) is 2.08. The molecular weight excluding hydrogens is 249 g/mol. The van der Waals surface area contributed by atoms with Crippen LogP contribution in [0.2, 0.25) is 0 Å². The molecule has 0 aliphatic carbocycles. The van der Waals surface area contributed by atoms with Gasteiger partial charge in [0.25, 0.3) is 0 Å². The van der Waals surface area contributed by atoms with Crippen molar-refractivity contribution < 1.29 is 37.8 Å². The topological polar surface area (TPSA) is 20.2 Å². The van der Waals surface area contributed by atoms with Crippen LogP contribution in [0.25, 0.3) is 16.8 Å². The van der Waals surface area contributed by atoms with Crippen LogP contribution >= 0.6 is 0 Å². The maximum atomic E-state index is 9.24. The first-order chi connectivity index (χ1) is 6.29. The number of rotatable bonds is 1. The Morgan fingerprint density at radius 3 is 2.36 bits per heavy atom. The van der Waals surface area contributed by atoms with Gasteiger partial charge in [0.05, 0.1) is 0 Å². The quantitative estimate of drug-likeness (QED) is 0.833. The third-order valence-electron chi connectivity index (χ3n) is 2.08. The van der Waals surface area contributed by atoms with E-state index in [9.17, 15) is 5.11 Å². The van der Waals surface area contributed by atoms with Crippen molar-refractivity contribution in [3.63, 3.8) is 0 Å². The molecule has 1 radical (unpaired) electrons. The van der Waals surface area contributed by atoms with Crippen molar-refractivity contribution in [2.75, 3.05) is 0 Å². The molecule has 0 saturated heterocycles. The molecule has 0 aliphatic heterocycles. The molecule has 1 nitrogen and oxygen atoms in total. The maximum Gasteiger partial charge on any atom is 0.116 e. The van der Waals surface area contributed by atoms with Crippen molar-refractivity contribution >= 4 is 16.8 Å². The Balaban J connectivity index is 0.000000980. The van der Waals surface area contributed by atoms with E-state index >= 15 is 0 Å². The van der Waals surface area contributed by atoms with Gasteiger partial charge in [-0.15, -0.1) is 0 Å². The zero-order valence-electron chi connectivity index (χ0n) is 7.77. The van der Waals surface area contributed by atoms with Crippen LogP contribution in [0.4, 0.5) is 0 Å². The molecule has 0 bridgehead atoms. The Bertz CT molecular complexity index is 463. The summed E-state index contributed by atoms with van der Waals surface area (Å²) in [5.41, 5.74) is 1.10. The van der Waals surface area contributed by atoms with E-state index in [1.54, 1.807) is 12.1 Å². The molecule has 0 spiro atoms. The molecule has 14 heavy (non-hydrogen) atoms. The Labute approximate surface area is 108 Å². The largest absolute Gasteiger partial charge is 0.508 e. The second-order valence-electron chi connectivity index (χ2n) is 3.00. The Morgan fingerprint density at radius 1 is 1.00 bits per heavy atom. The summed E-state index contributed by atoms with van der Waals surface area (Å²) in [7, 11) is 0. The standard InChI is InChI=1S/C12H10O.Y/c1-2-9-3-4-11-8-12(13)6-5-10(11)7-9;/h2-8,13H,1H2;. The third kappa shape index (κ3) is 2.23. The summed E-state index contributed by atoms with van der Waals surface area (Å²) in [5.74, 6) is 0.304. The summed E-state index contributed by atoms with van der Waals surface area (Å²) in [6.45, 7) is 3.71. The fourth-order valence-corrected chi connectivity index (χ4v) is 1.38. The molecule has 0 fully saturated rings.